The molecule has 2 aromatic carbocycles. The van der Waals surface area contributed by atoms with Gasteiger partial charge in [0.2, 0.25) is 5.91 Å². The molecule has 0 aliphatic heterocycles. The molecule has 0 aliphatic carbocycles. The lowest BCUT2D eigenvalue weighted by Gasteiger charge is -2.14. The monoisotopic (exact) mass is 283 g/mol. The van der Waals surface area contributed by atoms with Gasteiger partial charge in [-0.15, -0.1) is 0 Å². The van der Waals surface area contributed by atoms with Gasteiger partial charge < -0.3 is 10.5 Å². The molecule has 1 atom stereocenters. The Balaban J connectivity index is 2.53. The van der Waals surface area contributed by atoms with Gasteiger partial charge >= 0.3 is 0 Å². The lowest BCUT2D eigenvalue weighted by atomic mass is 9.93. The number of carbonyl (C=O) groups excluding carboxylic acids is 1. The third kappa shape index (κ3) is 3.07. The summed E-state index contributed by atoms with van der Waals surface area (Å²) in [5, 5.41) is 0. The summed E-state index contributed by atoms with van der Waals surface area (Å²) in [5.41, 5.74) is 8.94. The fourth-order valence-electron chi connectivity index (χ4n) is 2.42. The van der Waals surface area contributed by atoms with Crippen LogP contribution in [-0.2, 0) is 0 Å². The van der Waals surface area contributed by atoms with Crippen molar-refractivity contribution >= 4 is 5.91 Å². The predicted octanol–water partition coefficient (Wildman–Crippen LogP) is 3.97. The molecule has 0 radical (unpaired) electrons. The smallest absolute Gasteiger partial charge is 0.249 e. The Labute approximate surface area is 125 Å². The average molecular weight is 283 g/mol. The van der Waals surface area contributed by atoms with Gasteiger partial charge in [0, 0.05) is 5.56 Å². The van der Waals surface area contributed by atoms with Crippen LogP contribution < -0.4 is 10.5 Å². The van der Waals surface area contributed by atoms with Crippen LogP contribution in [-0.4, -0.2) is 13.0 Å². The second-order valence-corrected chi connectivity index (χ2v) is 5.18. The Hall–Kier alpha value is -2.29. The zero-order valence-corrected chi connectivity index (χ0v) is 12.7. The van der Waals surface area contributed by atoms with E-state index in [4.69, 9.17) is 10.5 Å². The molecule has 0 aromatic heterocycles. The fraction of sp³-hybridized carbons (Fsp3) is 0.278. The molecule has 2 aromatic rings. The van der Waals surface area contributed by atoms with Gasteiger partial charge in [0.05, 0.1) is 12.7 Å². The quantitative estimate of drug-likeness (QED) is 0.902. The zero-order chi connectivity index (χ0) is 15.4. The van der Waals surface area contributed by atoms with Crippen LogP contribution in [0.5, 0.6) is 5.75 Å². The standard InChI is InChI=1S/C18H21NO2/c1-4-12(2)13-8-10-14(11-9-13)17-15(18(19)20)6-5-7-16(17)21-3/h5-12H,4H2,1-3H3,(H2,19,20). The molecule has 2 N–H and O–H groups in total. The van der Waals surface area contributed by atoms with Gasteiger partial charge in [-0.1, -0.05) is 44.2 Å². The molecular weight excluding hydrogens is 262 g/mol. The first-order valence-electron chi connectivity index (χ1n) is 7.15. The summed E-state index contributed by atoms with van der Waals surface area (Å²) >= 11 is 0. The molecule has 0 saturated carbocycles. The van der Waals surface area contributed by atoms with Crippen LogP contribution in [0.3, 0.4) is 0 Å². The molecule has 0 heterocycles. The molecule has 110 valence electrons. The molecule has 3 heteroatoms. The van der Waals surface area contributed by atoms with Crippen molar-refractivity contribution < 1.29 is 9.53 Å². The van der Waals surface area contributed by atoms with E-state index < -0.39 is 5.91 Å². The van der Waals surface area contributed by atoms with E-state index in [1.54, 1.807) is 19.2 Å². The number of methoxy groups -OCH3 is 1. The minimum Gasteiger partial charge on any atom is -0.496 e. The topological polar surface area (TPSA) is 52.3 Å². The highest BCUT2D eigenvalue weighted by Crippen LogP contribution is 2.34. The van der Waals surface area contributed by atoms with Crippen LogP contribution in [0.4, 0.5) is 0 Å². The Morgan fingerprint density at radius 3 is 2.38 bits per heavy atom. The van der Waals surface area contributed by atoms with Crippen molar-refractivity contribution in [1.82, 2.24) is 0 Å². The highest BCUT2D eigenvalue weighted by Gasteiger charge is 2.15. The molecule has 0 saturated heterocycles. The maximum absolute atomic E-state index is 11.7. The molecule has 2 rings (SSSR count). The van der Waals surface area contributed by atoms with Crippen molar-refractivity contribution in [2.24, 2.45) is 5.73 Å². The van der Waals surface area contributed by atoms with Crippen LogP contribution >= 0.6 is 0 Å². The number of hydrogen-bond donors (Lipinski definition) is 1. The molecule has 0 fully saturated rings. The minimum absolute atomic E-state index is 0.449. The van der Waals surface area contributed by atoms with Crippen LogP contribution in [0.1, 0.15) is 42.1 Å². The van der Waals surface area contributed by atoms with Crippen LogP contribution in [0.15, 0.2) is 42.5 Å². The summed E-state index contributed by atoms with van der Waals surface area (Å²) in [7, 11) is 1.59. The number of nitrogens with two attached hydrogens (primary N) is 1. The number of ether oxygens (including phenoxy) is 1. The maximum Gasteiger partial charge on any atom is 0.249 e. The lowest BCUT2D eigenvalue weighted by Crippen LogP contribution is -2.12. The van der Waals surface area contributed by atoms with E-state index in [0.29, 0.717) is 17.2 Å². The molecule has 3 nitrogen and oxygen atoms in total. The number of amides is 1. The van der Waals surface area contributed by atoms with Gasteiger partial charge in [-0.3, -0.25) is 4.79 Å². The average Bonchev–Trinajstić information content (AvgIpc) is 2.53. The summed E-state index contributed by atoms with van der Waals surface area (Å²) in [6, 6.07) is 13.6. The molecular formula is C18H21NO2. The second kappa shape index (κ2) is 6.44. The molecule has 1 amide bonds. The summed E-state index contributed by atoms with van der Waals surface area (Å²) < 4.78 is 5.38. The summed E-state index contributed by atoms with van der Waals surface area (Å²) in [6.07, 6.45) is 1.10. The second-order valence-electron chi connectivity index (χ2n) is 5.18. The maximum atomic E-state index is 11.7. The molecule has 21 heavy (non-hydrogen) atoms. The van der Waals surface area contributed by atoms with Crippen molar-refractivity contribution in [3.05, 3.63) is 53.6 Å². The highest BCUT2D eigenvalue weighted by molar-refractivity contribution is 6.01. The first kappa shape index (κ1) is 15.1. The Morgan fingerprint density at radius 2 is 1.86 bits per heavy atom. The summed E-state index contributed by atoms with van der Waals surface area (Å²) in [5.74, 6) is 0.727. The van der Waals surface area contributed by atoms with E-state index in [2.05, 4.69) is 26.0 Å². The number of rotatable bonds is 5. The van der Waals surface area contributed by atoms with Gasteiger partial charge in [0.15, 0.2) is 0 Å². The van der Waals surface area contributed by atoms with Crippen LogP contribution in [0.2, 0.25) is 0 Å². The van der Waals surface area contributed by atoms with Gasteiger partial charge in [-0.25, -0.2) is 0 Å². The molecule has 1 unspecified atom stereocenters. The fourth-order valence-corrected chi connectivity index (χ4v) is 2.42. The SMILES string of the molecule is CCC(C)c1ccc(-c2c(OC)cccc2C(N)=O)cc1. The molecule has 0 spiro atoms. The number of primary amides is 1. The number of hydrogen-bond acceptors (Lipinski definition) is 2. The molecule has 0 bridgehead atoms. The first-order chi connectivity index (χ1) is 10.1. The van der Waals surface area contributed by atoms with Crippen molar-refractivity contribution in [3.63, 3.8) is 0 Å². The first-order valence-corrected chi connectivity index (χ1v) is 7.15. The van der Waals surface area contributed by atoms with Crippen LogP contribution in [0, 0.1) is 0 Å². The Bertz CT molecular complexity index is 632. The van der Waals surface area contributed by atoms with E-state index in [1.807, 2.05) is 18.2 Å². The van der Waals surface area contributed by atoms with E-state index in [-0.39, 0.29) is 0 Å². The zero-order valence-electron chi connectivity index (χ0n) is 12.7. The third-order valence-corrected chi connectivity index (χ3v) is 3.89. The van der Waals surface area contributed by atoms with Gasteiger partial charge in [-0.05, 0) is 35.6 Å². The number of carbonyl (C=O) groups is 1. The van der Waals surface area contributed by atoms with E-state index in [9.17, 15) is 4.79 Å². The van der Waals surface area contributed by atoms with Crippen molar-refractivity contribution in [2.75, 3.05) is 7.11 Å². The van der Waals surface area contributed by atoms with E-state index in [1.165, 1.54) is 5.56 Å². The van der Waals surface area contributed by atoms with Crippen molar-refractivity contribution in [1.29, 1.82) is 0 Å². The van der Waals surface area contributed by atoms with E-state index >= 15 is 0 Å². The molecule has 0 aliphatic rings. The Kier molecular flexibility index (Phi) is 4.63. The lowest BCUT2D eigenvalue weighted by molar-refractivity contribution is 0.100. The van der Waals surface area contributed by atoms with Gasteiger partial charge in [0.25, 0.3) is 0 Å². The largest absolute Gasteiger partial charge is 0.496 e. The van der Waals surface area contributed by atoms with Gasteiger partial charge in [0.1, 0.15) is 5.75 Å². The third-order valence-electron chi connectivity index (χ3n) is 3.89. The summed E-state index contributed by atoms with van der Waals surface area (Å²) in [4.78, 5) is 11.7. The summed E-state index contributed by atoms with van der Waals surface area (Å²) in [6.45, 7) is 4.37. The minimum atomic E-state index is -0.449. The highest BCUT2D eigenvalue weighted by atomic mass is 16.5. The van der Waals surface area contributed by atoms with Crippen molar-refractivity contribution in [3.8, 4) is 16.9 Å². The van der Waals surface area contributed by atoms with Crippen molar-refractivity contribution in [2.45, 2.75) is 26.2 Å². The van der Waals surface area contributed by atoms with Crippen LogP contribution in [0.25, 0.3) is 11.1 Å². The predicted molar refractivity (Wildman–Crippen MR) is 85.7 cm³/mol. The normalized spacial score (nSPS) is 12.0. The Morgan fingerprint density at radius 1 is 1.19 bits per heavy atom. The van der Waals surface area contributed by atoms with E-state index in [0.717, 1.165) is 17.5 Å². The van der Waals surface area contributed by atoms with Gasteiger partial charge in [-0.2, -0.15) is 0 Å². The number of benzene rings is 2.